The summed E-state index contributed by atoms with van der Waals surface area (Å²) in [6.07, 6.45) is 1.31. The van der Waals surface area contributed by atoms with Gasteiger partial charge in [0.15, 0.2) is 18.1 Å². The summed E-state index contributed by atoms with van der Waals surface area (Å²) in [5, 5.41) is 19.4. The van der Waals surface area contributed by atoms with Crippen molar-refractivity contribution in [1.29, 1.82) is 0 Å². The van der Waals surface area contributed by atoms with Gasteiger partial charge in [0.1, 0.15) is 0 Å². The Morgan fingerprint density at radius 2 is 1.73 bits per heavy atom. The smallest absolute Gasteiger partial charge is 0.282 e. The molecule has 4 aromatic rings. The average Bonchev–Trinajstić information content (AvgIpc) is 2.95. The Balaban J connectivity index is 1.32. The minimum atomic E-state index is -0.702. The minimum Gasteiger partial charge on any atom is -0.493 e. The second-order valence-corrected chi connectivity index (χ2v) is 8.90. The molecule has 11 heteroatoms. The van der Waals surface area contributed by atoms with E-state index in [1.807, 2.05) is 19.1 Å². The highest BCUT2D eigenvalue weighted by atomic mass is 16.6. The van der Waals surface area contributed by atoms with Gasteiger partial charge < -0.3 is 14.8 Å². The second kappa shape index (κ2) is 10.7. The molecule has 200 valence electrons. The summed E-state index contributed by atoms with van der Waals surface area (Å²) in [7, 11) is 1.43. The Morgan fingerprint density at radius 3 is 2.42 bits per heavy atom. The van der Waals surface area contributed by atoms with E-state index in [1.54, 1.807) is 30.3 Å². The standard InChI is InChI=1S/C29H22N4O7/c1-17-6-9-19(10-7-17)31-26(34)16-40-24-13-8-18(14-25(24)39-2)15-30-32-28(35)21-5-3-4-20-23(33(37)38)12-11-22(27(20)21)29(32)36/h3-15H,16H2,1-2H3,(H,31,34)/b30-15-. The fraction of sp³-hybridized carbons (Fsp3) is 0.103. The number of rotatable bonds is 8. The minimum absolute atomic E-state index is 0.137. The van der Waals surface area contributed by atoms with Crippen LogP contribution >= 0.6 is 0 Å². The van der Waals surface area contributed by atoms with Gasteiger partial charge in [-0.05, 0) is 61.0 Å². The number of methoxy groups -OCH3 is 1. The predicted molar refractivity (Wildman–Crippen MR) is 147 cm³/mol. The molecule has 11 nitrogen and oxygen atoms in total. The van der Waals surface area contributed by atoms with Gasteiger partial charge in [0, 0.05) is 17.1 Å². The van der Waals surface area contributed by atoms with Crippen molar-refractivity contribution in [2.24, 2.45) is 5.10 Å². The zero-order chi connectivity index (χ0) is 28.4. The summed E-state index contributed by atoms with van der Waals surface area (Å²) in [5.41, 5.74) is 2.29. The number of nitrogens with one attached hydrogen (secondary N) is 1. The third kappa shape index (κ3) is 4.95. The lowest BCUT2D eigenvalue weighted by Crippen LogP contribution is -2.36. The van der Waals surface area contributed by atoms with Crippen molar-refractivity contribution in [3.8, 4) is 11.5 Å². The van der Waals surface area contributed by atoms with E-state index in [2.05, 4.69) is 10.4 Å². The van der Waals surface area contributed by atoms with Gasteiger partial charge in [-0.2, -0.15) is 10.1 Å². The fourth-order valence-corrected chi connectivity index (χ4v) is 4.32. The lowest BCUT2D eigenvalue weighted by molar-refractivity contribution is -0.383. The number of amides is 3. The number of nitrogens with zero attached hydrogens (tertiary/aromatic N) is 3. The molecule has 3 amide bonds. The maximum Gasteiger partial charge on any atom is 0.282 e. The van der Waals surface area contributed by atoms with Crippen LogP contribution in [0.5, 0.6) is 11.5 Å². The summed E-state index contributed by atoms with van der Waals surface area (Å²) >= 11 is 0. The summed E-state index contributed by atoms with van der Waals surface area (Å²) in [5.74, 6) is -1.13. The third-order valence-electron chi connectivity index (χ3n) is 6.26. The van der Waals surface area contributed by atoms with Crippen LogP contribution in [0.4, 0.5) is 11.4 Å². The molecule has 0 saturated carbocycles. The quantitative estimate of drug-likeness (QED) is 0.148. The van der Waals surface area contributed by atoms with E-state index in [-0.39, 0.29) is 40.1 Å². The van der Waals surface area contributed by atoms with Crippen LogP contribution in [0.2, 0.25) is 0 Å². The first-order valence-corrected chi connectivity index (χ1v) is 12.1. The SMILES string of the molecule is COc1cc(/C=N\N2C(=O)c3cccc4c([N+](=O)[O-])ccc(c34)C2=O)ccc1OCC(=O)Nc1ccc(C)cc1. The molecule has 0 aliphatic carbocycles. The van der Waals surface area contributed by atoms with Crippen molar-refractivity contribution >= 4 is 46.1 Å². The zero-order valence-corrected chi connectivity index (χ0v) is 21.4. The van der Waals surface area contributed by atoms with Gasteiger partial charge in [0.05, 0.1) is 34.8 Å². The van der Waals surface area contributed by atoms with Crippen molar-refractivity contribution < 1.29 is 28.8 Å². The molecule has 0 unspecified atom stereocenters. The molecule has 40 heavy (non-hydrogen) atoms. The number of aryl methyl sites for hydroxylation is 1. The molecule has 0 radical (unpaired) electrons. The lowest BCUT2D eigenvalue weighted by Gasteiger charge is -2.23. The van der Waals surface area contributed by atoms with Crippen molar-refractivity contribution in [1.82, 2.24) is 5.01 Å². The van der Waals surface area contributed by atoms with Crippen LogP contribution in [0.15, 0.2) is 77.9 Å². The molecule has 5 rings (SSSR count). The molecule has 0 bridgehead atoms. The lowest BCUT2D eigenvalue weighted by atomic mass is 9.94. The van der Waals surface area contributed by atoms with E-state index in [9.17, 15) is 24.5 Å². The van der Waals surface area contributed by atoms with Crippen LogP contribution in [0.25, 0.3) is 10.8 Å². The Morgan fingerprint density at radius 1 is 1.00 bits per heavy atom. The Labute approximate surface area is 227 Å². The van der Waals surface area contributed by atoms with Gasteiger partial charge in [-0.3, -0.25) is 24.5 Å². The number of carbonyl (C=O) groups is 3. The number of nitro benzene ring substituents is 1. The normalized spacial score (nSPS) is 12.6. The van der Waals surface area contributed by atoms with Crippen LogP contribution in [0.3, 0.4) is 0 Å². The monoisotopic (exact) mass is 538 g/mol. The van der Waals surface area contributed by atoms with Gasteiger partial charge in [-0.15, -0.1) is 0 Å². The molecular weight excluding hydrogens is 516 g/mol. The first-order valence-electron chi connectivity index (χ1n) is 12.1. The molecule has 1 heterocycles. The van der Waals surface area contributed by atoms with Gasteiger partial charge in [0.2, 0.25) is 0 Å². The highest BCUT2D eigenvalue weighted by Crippen LogP contribution is 2.35. The topological polar surface area (TPSA) is 140 Å². The number of carbonyl (C=O) groups excluding carboxylic acids is 3. The van der Waals surface area contributed by atoms with Crippen molar-refractivity contribution in [2.45, 2.75) is 6.92 Å². The summed E-state index contributed by atoms with van der Waals surface area (Å²) in [6, 6.07) is 19.2. The molecule has 0 saturated heterocycles. The van der Waals surface area contributed by atoms with Gasteiger partial charge in [-0.25, -0.2) is 0 Å². The van der Waals surface area contributed by atoms with E-state index in [0.29, 0.717) is 22.7 Å². The molecule has 1 aliphatic rings. The van der Waals surface area contributed by atoms with Gasteiger partial charge in [0.25, 0.3) is 23.4 Å². The summed E-state index contributed by atoms with van der Waals surface area (Å²) < 4.78 is 11.0. The molecule has 0 aromatic heterocycles. The van der Waals surface area contributed by atoms with E-state index >= 15 is 0 Å². The number of hydrazone groups is 1. The first-order chi connectivity index (χ1) is 19.3. The highest BCUT2D eigenvalue weighted by Gasteiger charge is 2.34. The van der Waals surface area contributed by atoms with Crippen LogP contribution in [-0.2, 0) is 4.79 Å². The van der Waals surface area contributed by atoms with E-state index in [0.717, 1.165) is 10.6 Å². The number of hydrogen-bond donors (Lipinski definition) is 1. The fourth-order valence-electron chi connectivity index (χ4n) is 4.32. The molecule has 0 fully saturated rings. The Bertz CT molecular complexity index is 1690. The maximum atomic E-state index is 13.1. The number of imide groups is 1. The number of anilines is 1. The number of nitro groups is 1. The summed E-state index contributed by atoms with van der Waals surface area (Å²) in [4.78, 5) is 49.4. The molecule has 0 spiro atoms. The van der Waals surface area contributed by atoms with Crippen LogP contribution in [0.1, 0.15) is 31.8 Å². The summed E-state index contributed by atoms with van der Waals surface area (Å²) in [6.45, 7) is 1.70. The van der Waals surface area contributed by atoms with Crippen molar-refractivity contribution in [2.75, 3.05) is 19.0 Å². The van der Waals surface area contributed by atoms with Crippen LogP contribution in [0, 0.1) is 17.0 Å². The predicted octanol–water partition coefficient (Wildman–Crippen LogP) is 4.71. The zero-order valence-electron chi connectivity index (χ0n) is 21.4. The highest BCUT2D eigenvalue weighted by molar-refractivity contribution is 6.26. The van der Waals surface area contributed by atoms with E-state index < -0.39 is 16.7 Å². The number of non-ortho nitro benzene ring substituents is 1. The van der Waals surface area contributed by atoms with E-state index in [4.69, 9.17) is 9.47 Å². The molecular formula is C29H22N4O7. The largest absolute Gasteiger partial charge is 0.493 e. The van der Waals surface area contributed by atoms with Crippen LogP contribution in [-0.4, -0.2) is 47.6 Å². The maximum absolute atomic E-state index is 13.1. The molecule has 1 aliphatic heterocycles. The van der Waals surface area contributed by atoms with Crippen molar-refractivity contribution in [3.63, 3.8) is 0 Å². The first kappa shape index (κ1) is 26.0. The molecule has 1 N–H and O–H groups in total. The van der Waals surface area contributed by atoms with Crippen LogP contribution < -0.4 is 14.8 Å². The Hall–Kier alpha value is -5.58. The molecule has 0 atom stereocenters. The number of ether oxygens (including phenoxy) is 2. The Kier molecular flexibility index (Phi) is 6.94. The van der Waals surface area contributed by atoms with Crippen molar-refractivity contribution in [3.05, 3.63) is 105 Å². The molecule has 4 aromatic carbocycles. The van der Waals surface area contributed by atoms with Gasteiger partial charge in [-0.1, -0.05) is 23.8 Å². The number of benzene rings is 4. The third-order valence-corrected chi connectivity index (χ3v) is 6.26. The number of hydrogen-bond acceptors (Lipinski definition) is 8. The average molecular weight is 539 g/mol. The second-order valence-electron chi connectivity index (χ2n) is 8.90. The van der Waals surface area contributed by atoms with E-state index in [1.165, 1.54) is 43.7 Å². The van der Waals surface area contributed by atoms with Gasteiger partial charge >= 0.3 is 0 Å².